The molecule has 0 aromatic heterocycles. The topological polar surface area (TPSA) is 35.5 Å². The van der Waals surface area contributed by atoms with Crippen molar-refractivity contribution >= 4 is 8.25 Å². The van der Waals surface area contributed by atoms with Crippen molar-refractivity contribution in [2.24, 2.45) is 5.92 Å². The Bertz CT molecular complexity index is 503. The monoisotopic (exact) mass is 277 g/mol. The van der Waals surface area contributed by atoms with Crippen LogP contribution in [0.1, 0.15) is 25.3 Å². The normalized spacial score (nSPS) is 19.4. The summed E-state index contributed by atoms with van der Waals surface area (Å²) >= 11 is 0. The van der Waals surface area contributed by atoms with Gasteiger partial charge in [-0.1, -0.05) is 30.7 Å². The molecule has 4 heteroatoms. The molecule has 0 heterocycles. The third kappa shape index (κ3) is 4.53. The van der Waals surface area contributed by atoms with Gasteiger partial charge in [-0.3, -0.25) is 0 Å². The van der Waals surface area contributed by atoms with E-state index in [1.54, 1.807) is 12.1 Å². The maximum absolute atomic E-state index is 11.8. The van der Waals surface area contributed by atoms with E-state index in [0.717, 1.165) is 18.4 Å². The Labute approximate surface area is 114 Å². The van der Waals surface area contributed by atoms with Gasteiger partial charge in [0.25, 0.3) is 0 Å². The summed E-state index contributed by atoms with van der Waals surface area (Å²) in [6, 6.07) is 7.38. The minimum atomic E-state index is -2.18. The van der Waals surface area contributed by atoms with Crippen molar-refractivity contribution in [3.05, 3.63) is 53.8 Å². The van der Waals surface area contributed by atoms with Crippen LogP contribution in [0.15, 0.2) is 48.3 Å². The number of aryl methyl sites for hydroxylation is 1. The first-order chi connectivity index (χ1) is 9.13. The highest BCUT2D eigenvalue weighted by atomic mass is 31.1. The Kier molecular flexibility index (Phi) is 4.75. The largest absolute Gasteiger partial charge is 0.805 e. The van der Waals surface area contributed by atoms with Gasteiger partial charge in [-0.25, -0.2) is 9.05 Å². The second kappa shape index (κ2) is 6.53. The molecule has 100 valence electrons. The summed E-state index contributed by atoms with van der Waals surface area (Å²) in [5, 5.41) is 0. The Morgan fingerprint density at radius 3 is 2.63 bits per heavy atom. The maximum atomic E-state index is 11.8. The molecule has 0 radical (unpaired) electrons. The molecule has 2 unspecified atom stereocenters. The van der Waals surface area contributed by atoms with E-state index in [2.05, 4.69) is 6.92 Å². The second-order valence-electron chi connectivity index (χ2n) is 4.80. The fourth-order valence-electron chi connectivity index (χ4n) is 1.76. The smallest absolute Gasteiger partial charge is 0.223 e. The van der Waals surface area contributed by atoms with Crippen LogP contribution in [0.3, 0.4) is 0 Å². The molecule has 1 aromatic carbocycles. The molecule has 0 N–H and O–H groups in total. The van der Waals surface area contributed by atoms with Crippen LogP contribution in [-0.2, 0) is 9.09 Å². The lowest BCUT2D eigenvalue weighted by Gasteiger charge is -2.00. The zero-order valence-corrected chi connectivity index (χ0v) is 12.1. The van der Waals surface area contributed by atoms with Crippen molar-refractivity contribution in [3.8, 4) is 5.75 Å². The Hall–Kier alpha value is -1.60. The van der Waals surface area contributed by atoms with Crippen LogP contribution in [0.5, 0.6) is 5.75 Å². The lowest BCUT2D eigenvalue weighted by atomic mass is 10.1. The van der Waals surface area contributed by atoms with Crippen molar-refractivity contribution in [1.82, 2.24) is 0 Å². The van der Waals surface area contributed by atoms with Gasteiger partial charge < -0.3 is 0 Å². The number of hydrogen-bond acceptors (Lipinski definition) is 3. The molecule has 1 aliphatic rings. The first-order valence-electron chi connectivity index (χ1n) is 6.40. The van der Waals surface area contributed by atoms with Crippen molar-refractivity contribution < 1.29 is 13.6 Å². The molecule has 0 amide bonds. The van der Waals surface area contributed by atoms with Crippen LogP contribution in [-0.4, -0.2) is 0 Å². The van der Waals surface area contributed by atoms with Gasteiger partial charge in [0.2, 0.25) is 0 Å². The first-order valence-corrected chi connectivity index (χ1v) is 7.49. The molecule has 0 saturated carbocycles. The molecule has 0 spiro atoms. The molecular formula is C15H18O3P+. The average Bonchev–Trinajstić information content (AvgIpc) is 2.57. The summed E-state index contributed by atoms with van der Waals surface area (Å²) in [5.41, 5.74) is 1.13. The Morgan fingerprint density at radius 2 is 1.89 bits per heavy atom. The fraction of sp³-hybridized carbons (Fsp3) is 0.333. The fourth-order valence-corrected chi connectivity index (χ4v) is 2.39. The molecule has 0 saturated heterocycles. The molecule has 2 rings (SSSR count). The van der Waals surface area contributed by atoms with E-state index in [1.165, 1.54) is 0 Å². The summed E-state index contributed by atoms with van der Waals surface area (Å²) in [6.07, 6.45) is 7.79. The lowest BCUT2D eigenvalue weighted by molar-refractivity contribution is 0.365. The third-order valence-corrected chi connectivity index (χ3v) is 3.64. The zero-order chi connectivity index (χ0) is 13.7. The van der Waals surface area contributed by atoms with Crippen LogP contribution in [0.2, 0.25) is 0 Å². The van der Waals surface area contributed by atoms with Gasteiger partial charge in [0.1, 0.15) is 0 Å². The summed E-state index contributed by atoms with van der Waals surface area (Å²) < 4.78 is 22.4. The molecule has 19 heavy (non-hydrogen) atoms. The molecule has 1 aromatic rings. The van der Waals surface area contributed by atoms with Gasteiger partial charge in [0.05, 0.1) is 0 Å². The van der Waals surface area contributed by atoms with Crippen molar-refractivity contribution in [2.75, 3.05) is 0 Å². The van der Waals surface area contributed by atoms with Gasteiger partial charge in [0, 0.05) is 4.57 Å². The highest BCUT2D eigenvalue weighted by Crippen LogP contribution is 2.32. The summed E-state index contributed by atoms with van der Waals surface area (Å²) in [7, 11) is -2.18. The lowest BCUT2D eigenvalue weighted by Crippen LogP contribution is -1.88. The van der Waals surface area contributed by atoms with Gasteiger partial charge in [0.15, 0.2) is 11.5 Å². The highest BCUT2D eigenvalue weighted by molar-refractivity contribution is 7.34. The standard InChI is InChI=1S/C15H18O3P/c1-12-4-3-5-14(9-6-12)17-19(16)18-15-10-7-13(2)8-11-15/h3,5,7-12H,4,6H2,1-2H3/q+1. The number of rotatable bonds is 4. The molecule has 0 aliphatic heterocycles. The molecule has 2 atom stereocenters. The Morgan fingerprint density at radius 1 is 1.16 bits per heavy atom. The predicted octanol–water partition coefficient (Wildman–Crippen LogP) is 4.92. The van der Waals surface area contributed by atoms with E-state index < -0.39 is 8.25 Å². The third-order valence-electron chi connectivity index (χ3n) is 2.92. The quantitative estimate of drug-likeness (QED) is 0.733. The van der Waals surface area contributed by atoms with Crippen molar-refractivity contribution in [3.63, 3.8) is 0 Å². The molecule has 3 nitrogen and oxygen atoms in total. The Balaban J connectivity index is 1.92. The van der Waals surface area contributed by atoms with Crippen LogP contribution < -0.4 is 4.52 Å². The second-order valence-corrected chi connectivity index (χ2v) is 5.62. The van der Waals surface area contributed by atoms with Crippen LogP contribution >= 0.6 is 8.25 Å². The molecule has 0 bridgehead atoms. The maximum Gasteiger partial charge on any atom is 0.805 e. The average molecular weight is 277 g/mol. The van der Waals surface area contributed by atoms with Gasteiger partial charge >= 0.3 is 8.25 Å². The SMILES string of the molecule is Cc1ccc(O[P+](=O)OC2=CCC(C)CC=C2)cc1. The number of benzene rings is 1. The summed E-state index contributed by atoms with van der Waals surface area (Å²) in [4.78, 5) is 0. The van der Waals surface area contributed by atoms with Gasteiger partial charge in [-0.05, 0) is 50.0 Å². The van der Waals surface area contributed by atoms with Crippen LogP contribution in [0.4, 0.5) is 0 Å². The van der Waals surface area contributed by atoms with Gasteiger partial charge in [-0.2, -0.15) is 0 Å². The minimum Gasteiger partial charge on any atom is -0.223 e. The first kappa shape index (κ1) is 13.8. The summed E-state index contributed by atoms with van der Waals surface area (Å²) in [6.45, 7) is 4.16. The van der Waals surface area contributed by atoms with Crippen LogP contribution in [0, 0.1) is 12.8 Å². The minimum absolute atomic E-state index is 0.554. The predicted molar refractivity (Wildman–Crippen MR) is 76.1 cm³/mol. The number of hydrogen-bond donors (Lipinski definition) is 0. The van der Waals surface area contributed by atoms with E-state index >= 15 is 0 Å². The van der Waals surface area contributed by atoms with Crippen molar-refractivity contribution in [2.45, 2.75) is 26.7 Å². The van der Waals surface area contributed by atoms with E-state index in [-0.39, 0.29) is 0 Å². The molecule has 0 fully saturated rings. The van der Waals surface area contributed by atoms with Crippen LogP contribution in [0.25, 0.3) is 0 Å². The highest BCUT2D eigenvalue weighted by Gasteiger charge is 2.25. The molecule has 1 aliphatic carbocycles. The summed E-state index contributed by atoms with van der Waals surface area (Å²) in [5.74, 6) is 1.77. The number of allylic oxidation sites excluding steroid dienone is 3. The zero-order valence-electron chi connectivity index (χ0n) is 11.2. The van der Waals surface area contributed by atoms with E-state index in [1.807, 2.05) is 37.3 Å². The van der Waals surface area contributed by atoms with E-state index in [4.69, 9.17) is 9.05 Å². The van der Waals surface area contributed by atoms with Crippen molar-refractivity contribution in [1.29, 1.82) is 0 Å². The molecular weight excluding hydrogens is 259 g/mol. The van der Waals surface area contributed by atoms with E-state index in [9.17, 15) is 4.57 Å². The van der Waals surface area contributed by atoms with E-state index in [0.29, 0.717) is 17.4 Å². The van der Waals surface area contributed by atoms with Gasteiger partial charge in [-0.15, -0.1) is 0 Å².